The van der Waals surface area contributed by atoms with E-state index in [-0.39, 0.29) is 11.5 Å². The lowest BCUT2D eigenvalue weighted by molar-refractivity contribution is 0.00290. The summed E-state index contributed by atoms with van der Waals surface area (Å²) >= 11 is 1.45. The Morgan fingerprint density at radius 3 is 3.20 bits per heavy atom. The third kappa shape index (κ3) is 3.27. The summed E-state index contributed by atoms with van der Waals surface area (Å²) in [5.41, 5.74) is 3.66. The van der Waals surface area contributed by atoms with Crippen LogP contribution in [0.1, 0.15) is 43.6 Å². The molecule has 5 nitrogen and oxygen atoms in total. The number of allylic oxidation sites excluding steroid dienone is 1. The summed E-state index contributed by atoms with van der Waals surface area (Å²) in [4.78, 5) is 18.9. The Kier molecular flexibility index (Phi) is 4.69. The zero-order chi connectivity index (χ0) is 17.4. The van der Waals surface area contributed by atoms with Crippen molar-refractivity contribution in [2.75, 3.05) is 26.2 Å². The summed E-state index contributed by atoms with van der Waals surface area (Å²) in [6.07, 6.45) is 6.06. The van der Waals surface area contributed by atoms with Crippen LogP contribution in [0.2, 0.25) is 0 Å². The molecule has 1 N–H and O–H groups in total. The smallest absolute Gasteiger partial charge is 0.270 e. The number of carbonyl (C=O) groups is 1. The van der Waals surface area contributed by atoms with Crippen LogP contribution in [0.3, 0.4) is 0 Å². The van der Waals surface area contributed by atoms with Crippen molar-refractivity contribution in [1.29, 1.82) is 0 Å². The molecule has 1 spiro atoms. The third-order valence-electron chi connectivity index (χ3n) is 6.02. The molecule has 1 aromatic rings. The topological polar surface area (TPSA) is 54.5 Å². The average molecular weight is 362 g/mol. The van der Waals surface area contributed by atoms with Gasteiger partial charge in [-0.2, -0.15) is 0 Å². The van der Waals surface area contributed by atoms with Crippen LogP contribution in [0.25, 0.3) is 0 Å². The number of amides is 1. The molecule has 0 aromatic carbocycles. The van der Waals surface area contributed by atoms with Gasteiger partial charge in [0.1, 0.15) is 5.69 Å². The van der Waals surface area contributed by atoms with Crippen molar-refractivity contribution >= 4 is 17.2 Å². The molecular formula is C19H27N3O2S. The zero-order valence-corrected chi connectivity index (χ0v) is 15.8. The molecule has 4 atom stereocenters. The lowest BCUT2D eigenvalue weighted by Crippen LogP contribution is -2.42. The quantitative estimate of drug-likeness (QED) is 0.792. The Bertz CT molecular complexity index is 656. The van der Waals surface area contributed by atoms with E-state index >= 15 is 0 Å². The number of rotatable bonds is 6. The first-order valence-electron chi connectivity index (χ1n) is 9.27. The highest BCUT2D eigenvalue weighted by Gasteiger charge is 2.62. The summed E-state index contributed by atoms with van der Waals surface area (Å²) in [7, 11) is 0. The Morgan fingerprint density at radius 2 is 2.44 bits per heavy atom. The van der Waals surface area contributed by atoms with Gasteiger partial charge >= 0.3 is 0 Å². The minimum absolute atomic E-state index is 0.0473. The molecule has 2 bridgehead atoms. The van der Waals surface area contributed by atoms with E-state index in [9.17, 15) is 4.79 Å². The predicted octanol–water partition coefficient (Wildman–Crippen LogP) is 2.71. The second kappa shape index (κ2) is 6.82. The van der Waals surface area contributed by atoms with E-state index in [0.717, 1.165) is 32.5 Å². The van der Waals surface area contributed by atoms with Crippen LogP contribution in [0.5, 0.6) is 0 Å². The Balaban J connectivity index is 1.36. The van der Waals surface area contributed by atoms with Gasteiger partial charge in [-0.05, 0) is 33.1 Å². The maximum atomic E-state index is 12.2. The van der Waals surface area contributed by atoms with E-state index in [2.05, 4.69) is 35.1 Å². The van der Waals surface area contributed by atoms with Crippen molar-refractivity contribution in [3.63, 3.8) is 0 Å². The number of fused-ring (bicyclic) bond motifs is 1. The Morgan fingerprint density at radius 1 is 1.56 bits per heavy atom. The second-order valence-electron chi connectivity index (χ2n) is 7.92. The maximum Gasteiger partial charge on any atom is 0.270 e. The standard InChI is InChI=1S/C19H27N3O2S/c1-13(2)4-3-7-22-9-15-14(17-5-6-19(15,11-22)24-17)8-20-18(23)16-10-25-12-21-16/h4,10,12,14-15,17H,3,5-9,11H2,1-2H3,(H,20,23)/t14-,15+,17+,19+/m0/s1. The van der Waals surface area contributed by atoms with Crippen molar-refractivity contribution in [3.8, 4) is 0 Å². The highest BCUT2D eigenvalue weighted by molar-refractivity contribution is 7.07. The van der Waals surface area contributed by atoms with Crippen LogP contribution >= 0.6 is 11.3 Å². The predicted molar refractivity (Wildman–Crippen MR) is 98.8 cm³/mol. The van der Waals surface area contributed by atoms with E-state index in [1.807, 2.05) is 0 Å². The van der Waals surface area contributed by atoms with Crippen molar-refractivity contribution < 1.29 is 9.53 Å². The molecule has 0 radical (unpaired) electrons. The van der Waals surface area contributed by atoms with Crippen LogP contribution in [0, 0.1) is 11.8 Å². The number of carbonyl (C=O) groups excluding carboxylic acids is 1. The number of hydrogen-bond acceptors (Lipinski definition) is 5. The molecule has 6 heteroatoms. The van der Waals surface area contributed by atoms with E-state index < -0.39 is 0 Å². The van der Waals surface area contributed by atoms with Crippen molar-refractivity contribution in [2.45, 2.75) is 44.8 Å². The molecule has 0 saturated carbocycles. The minimum atomic E-state index is -0.0588. The highest BCUT2D eigenvalue weighted by Crippen LogP contribution is 2.54. The summed E-state index contributed by atoms with van der Waals surface area (Å²) in [6.45, 7) is 8.28. The summed E-state index contributed by atoms with van der Waals surface area (Å²) < 4.78 is 6.46. The minimum Gasteiger partial charge on any atom is -0.370 e. The molecule has 3 saturated heterocycles. The lowest BCUT2D eigenvalue weighted by atomic mass is 9.73. The normalized spacial score (nSPS) is 33.4. The molecule has 0 unspecified atom stereocenters. The molecule has 3 aliphatic rings. The number of ether oxygens (including phenoxy) is 1. The molecular weight excluding hydrogens is 334 g/mol. The lowest BCUT2D eigenvalue weighted by Gasteiger charge is -2.29. The first-order valence-corrected chi connectivity index (χ1v) is 10.2. The highest BCUT2D eigenvalue weighted by atomic mass is 32.1. The van der Waals surface area contributed by atoms with Gasteiger partial charge in [-0.1, -0.05) is 11.6 Å². The van der Waals surface area contributed by atoms with E-state index in [4.69, 9.17) is 4.74 Å². The number of aromatic nitrogens is 1. The molecule has 4 heterocycles. The van der Waals surface area contributed by atoms with Gasteiger partial charge in [0.05, 0.1) is 17.2 Å². The van der Waals surface area contributed by atoms with Crippen LogP contribution in [0.15, 0.2) is 22.5 Å². The zero-order valence-electron chi connectivity index (χ0n) is 15.0. The van der Waals surface area contributed by atoms with Gasteiger partial charge in [-0.15, -0.1) is 11.3 Å². The average Bonchev–Trinajstić information content (AvgIpc) is 3.32. The Hall–Kier alpha value is -1.24. The summed E-state index contributed by atoms with van der Waals surface area (Å²) in [5.74, 6) is 0.926. The van der Waals surface area contributed by atoms with Crippen molar-refractivity contribution in [1.82, 2.24) is 15.2 Å². The van der Waals surface area contributed by atoms with Crippen molar-refractivity contribution in [2.24, 2.45) is 11.8 Å². The van der Waals surface area contributed by atoms with Crippen LogP contribution in [-0.2, 0) is 4.74 Å². The van der Waals surface area contributed by atoms with Crippen LogP contribution in [0.4, 0.5) is 0 Å². The number of likely N-dealkylation sites (tertiary alicyclic amines) is 1. The van der Waals surface area contributed by atoms with Gasteiger partial charge in [-0.25, -0.2) is 4.98 Å². The molecule has 136 valence electrons. The van der Waals surface area contributed by atoms with Crippen LogP contribution in [-0.4, -0.2) is 53.7 Å². The number of thiazole rings is 1. The van der Waals surface area contributed by atoms with Gasteiger partial charge in [-0.3, -0.25) is 9.69 Å². The van der Waals surface area contributed by atoms with Gasteiger partial charge in [0.15, 0.2) is 0 Å². The van der Waals surface area contributed by atoms with Gasteiger partial charge in [0, 0.05) is 43.4 Å². The molecule has 1 aromatic heterocycles. The summed E-state index contributed by atoms with van der Waals surface area (Å²) in [5, 5.41) is 4.89. The fraction of sp³-hybridized carbons (Fsp3) is 0.684. The van der Waals surface area contributed by atoms with E-state index in [0.29, 0.717) is 30.2 Å². The number of nitrogens with zero attached hydrogens (tertiary/aromatic N) is 2. The first-order chi connectivity index (χ1) is 12.1. The SMILES string of the molecule is CC(C)=CCCN1C[C@@H]2[C@H](CNC(=O)c3cscn3)[C@H]3CC[C@]2(C1)O3. The molecule has 1 amide bonds. The fourth-order valence-electron chi connectivity index (χ4n) is 4.89. The first kappa shape index (κ1) is 17.2. The second-order valence-corrected chi connectivity index (χ2v) is 8.64. The van der Waals surface area contributed by atoms with Gasteiger partial charge < -0.3 is 10.1 Å². The molecule has 4 rings (SSSR count). The largest absolute Gasteiger partial charge is 0.370 e. The Labute approximate surface area is 153 Å². The molecule has 0 aliphatic carbocycles. The molecule has 3 aliphatic heterocycles. The molecule has 3 fully saturated rings. The molecule has 25 heavy (non-hydrogen) atoms. The van der Waals surface area contributed by atoms with Crippen molar-refractivity contribution in [3.05, 3.63) is 28.2 Å². The van der Waals surface area contributed by atoms with E-state index in [1.165, 1.54) is 23.3 Å². The number of nitrogens with one attached hydrogen (secondary N) is 1. The van der Waals surface area contributed by atoms with E-state index in [1.54, 1.807) is 10.9 Å². The number of hydrogen-bond donors (Lipinski definition) is 1. The van der Waals surface area contributed by atoms with Gasteiger partial charge in [0.2, 0.25) is 0 Å². The maximum absolute atomic E-state index is 12.2. The monoisotopic (exact) mass is 361 g/mol. The fourth-order valence-corrected chi connectivity index (χ4v) is 5.42. The van der Waals surface area contributed by atoms with Gasteiger partial charge in [0.25, 0.3) is 5.91 Å². The summed E-state index contributed by atoms with van der Waals surface area (Å²) in [6, 6.07) is 0. The van der Waals surface area contributed by atoms with Crippen LogP contribution < -0.4 is 5.32 Å². The third-order valence-corrected chi connectivity index (χ3v) is 6.60.